The summed E-state index contributed by atoms with van der Waals surface area (Å²) in [5.74, 6) is 0. The molecule has 0 aliphatic rings. The van der Waals surface area contributed by atoms with Crippen LogP contribution in [0.3, 0.4) is 0 Å². The van der Waals surface area contributed by atoms with E-state index >= 15 is 0 Å². The van der Waals surface area contributed by atoms with Gasteiger partial charge < -0.3 is 5.73 Å². The highest BCUT2D eigenvalue weighted by Gasteiger charge is 2.08. The van der Waals surface area contributed by atoms with E-state index in [2.05, 4.69) is 36.8 Å². The number of hydrogen-bond donors (Lipinski definition) is 1. The SMILES string of the molecule is C[C@@H](N)c1c(Br)cncc1Br. The second-order valence-electron chi connectivity index (χ2n) is 2.31. The Bertz CT molecular complexity index is 240. The fourth-order valence-corrected chi connectivity index (χ4v) is 2.51. The molecular formula is C7H8Br2N2. The van der Waals surface area contributed by atoms with E-state index in [-0.39, 0.29) is 6.04 Å². The number of aromatic nitrogens is 1. The molecule has 1 heterocycles. The maximum atomic E-state index is 5.73. The first-order chi connectivity index (χ1) is 5.13. The highest BCUT2D eigenvalue weighted by Crippen LogP contribution is 2.27. The lowest BCUT2D eigenvalue weighted by Crippen LogP contribution is -2.06. The Labute approximate surface area is 82.5 Å². The maximum Gasteiger partial charge on any atom is 0.0417 e. The maximum absolute atomic E-state index is 5.73. The van der Waals surface area contributed by atoms with Crippen LogP contribution in [0.4, 0.5) is 0 Å². The molecular weight excluding hydrogens is 272 g/mol. The number of halogens is 2. The Kier molecular flexibility index (Phi) is 3.04. The van der Waals surface area contributed by atoms with Crippen molar-refractivity contribution >= 4 is 31.9 Å². The quantitative estimate of drug-likeness (QED) is 0.858. The first kappa shape index (κ1) is 9.16. The number of nitrogens with zero attached hydrogens (tertiary/aromatic N) is 1. The standard InChI is InChI=1S/C7H8Br2N2/c1-4(10)7-5(8)2-11-3-6(7)9/h2-4H,10H2,1H3/t4-/m1/s1. The topological polar surface area (TPSA) is 38.9 Å². The Hall–Kier alpha value is 0.0700. The molecule has 11 heavy (non-hydrogen) atoms. The minimum absolute atomic E-state index is 0.0155. The number of pyridine rings is 1. The molecule has 0 saturated carbocycles. The predicted octanol–water partition coefficient (Wildman–Crippen LogP) is 2.63. The fourth-order valence-electron chi connectivity index (χ4n) is 0.856. The van der Waals surface area contributed by atoms with Crippen LogP contribution in [0.2, 0.25) is 0 Å². The van der Waals surface area contributed by atoms with Gasteiger partial charge in [0.1, 0.15) is 0 Å². The second-order valence-corrected chi connectivity index (χ2v) is 4.01. The summed E-state index contributed by atoms with van der Waals surface area (Å²) >= 11 is 6.75. The van der Waals surface area contributed by atoms with Crippen molar-refractivity contribution in [3.8, 4) is 0 Å². The highest BCUT2D eigenvalue weighted by atomic mass is 79.9. The second kappa shape index (κ2) is 3.65. The van der Waals surface area contributed by atoms with E-state index in [9.17, 15) is 0 Å². The van der Waals surface area contributed by atoms with Gasteiger partial charge in [0, 0.05) is 32.9 Å². The Balaban J connectivity index is 3.21. The van der Waals surface area contributed by atoms with Crippen LogP contribution in [0, 0.1) is 0 Å². The van der Waals surface area contributed by atoms with Crippen LogP contribution in [0.25, 0.3) is 0 Å². The molecule has 0 unspecified atom stereocenters. The van der Waals surface area contributed by atoms with E-state index < -0.39 is 0 Å². The summed E-state index contributed by atoms with van der Waals surface area (Å²) in [4.78, 5) is 3.98. The monoisotopic (exact) mass is 278 g/mol. The minimum atomic E-state index is 0.0155. The average Bonchev–Trinajstić information content (AvgIpc) is 1.85. The lowest BCUT2D eigenvalue weighted by Gasteiger charge is -2.09. The van der Waals surface area contributed by atoms with Crippen molar-refractivity contribution in [2.75, 3.05) is 0 Å². The summed E-state index contributed by atoms with van der Waals surface area (Å²) in [5.41, 5.74) is 6.78. The zero-order valence-electron chi connectivity index (χ0n) is 6.01. The third-order valence-electron chi connectivity index (χ3n) is 1.35. The fraction of sp³-hybridized carbons (Fsp3) is 0.286. The summed E-state index contributed by atoms with van der Waals surface area (Å²) in [6.45, 7) is 1.94. The zero-order chi connectivity index (χ0) is 8.43. The van der Waals surface area contributed by atoms with E-state index in [1.165, 1.54) is 0 Å². The molecule has 0 aliphatic heterocycles. The molecule has 1 rings (SSSR count). The van der Waals surface area contributed by atoms with Gasteiger partial charge in [-0.1, -0.05) is 0 Å². The number of hydrogen-bond acceptors (Lipinski definition) is 2. The van der Waals surface area contributed by atoms with Crippen LogP contribution in [0.1, 0.15) is 18.5 Å². The molecule has 0 saturated heterocycles. The average molecular weight is 280 g/mol. The highest BCUT2D eigenvalue weighted by molar-refractivity contribution is 9.11. The van der Waals surface area contributed by atoms with E-state index in [0.717, 1.165) is 14.5 Å². The van der Waals surface area contributed by atoms with Crippen molar-refractivity contribution in [1.29, 1.82) is 0 Å². The molecule has 2 nitrogen and oxygen atoms in total. The summed E-state index contributed by atoms with van der Waals surface area (Å²) in [5, 5.41) is 0. The van der Waals surface area contributed by atoms with Gasteiger partial charge in [-0.2, -0.15) is 0 Å². The van der Waals surface area contributed by atoms with Gasteiger partial charge in [-0.05, 0) is 38.8 Å². The van der Waals surface area contributed by atoms with Gasteiger partial charge in [0.2, 0.25) is 0 Å². The molecule has 1 aromatic rings. The Morgan fingerprint density at radius 2 is 1.82 bits per heavy atom. The van der Waals surface area contributed by atoms with Gasteiger partial charge in [-0.15, -0.1) is 0 Å². The predicted molar refractivity (Wildman–Crippen MR) is 52.2 cm³/mol. The third-order valence-corrected chi connectivity index (χ3v) is 2.61. The largest absolute Gasteiger partial charge is 0.324 e. The van der Waals surface area contributed by atoms with Crippen LogP contribution in [0.5, 0.6) is 0 Å². The van der Waals surface area contributed by atoms with Gasteiger partial charge in [0.05, 0.1) is 0 Å². The van der Waals surface area contributed by atoms with Crippen molar-refractivity contribution in [3.63, 3.8) is 0 Å². The van der Waals surface area contributed by atoms with E-state index in [1.807, 2.05) is 6.92 Å². The molecule has 0 aliphatic carbocycles. The van der Waals surface area contributed by atoms with Crippen LogP contribution in [-0.4, -0.2) is 4.98 Å². The number of nitrogens with two attached hydrogens (primary N) is 1. The van der Waals surface area contributed by atoms with Gasteiger partial charge in [0.25, 0.3) is 0 Å². The molecule has 0 bridgehead atoms. The Morgan fingerprint density at radius 3 is 2.09 bits per heavy atom. The van der Waals surface area contributed by atoms with Crippen molar-refractivity contribution in [1.82, 2.24) is 4.98 Å². The summed E-state index contributed by atoms with van der Waals surface area (Å²) in [7, 11) is 0. The van der Waals surface area contributed by atoms with E-state index in [4.69, 9.17) is 5.73 Å². The molecule has 1 atom stereocenters. The van der Waals surface area contributed by atoms with Gasteiger partial charge in [-0.25, -0.2) is 0 Å². The normalized spacial score (nSPS) is 13.1. The molecule has 0 aromatic carbocycles. The van der Waals surface area contributed by atoms with Crippen LogP contribution in [-0.2, 0) is 0 Å². The number of rotatable bonds is 1. The van der Waals surface area contributed by atoms with Gasteiger partial charge in [0.15, 0.2) is 0 Å². The molecule has 0 amide bonds. The molecule has 0 radical (unpaired) electrons. The lowest BCUT2D eigenvalue weighted by atomic mass is 10.1. The molecule has 0 fully saturated rings. The third kappa shape index (κ3) is 2.01. The smallest absolute Gasteiger partial charge is 0.0417 e. The minimum Gasteiger partial charge on any atom is -0.324 e. The van der Waals surface area contributed by atoms with Crippen molar-refractivity contribution in [2.24, 2.45) is 5.73 Å². The van der Waals surface area contributed by atoms with E-state index in [1.54, 1.807) is 12.4 Å². The molecule has 60 valence electrons. The molecule has 2 N–H and O–H groups in total. The van der Waals surface area contributed by atoms with Crippen LogP contribution in [0.15, 0.2) is 21.3 Å². The summed E-state index contributed by atoms with van der Waals surface area (Å²) < 4.78 is 1.89. The van der Waals surface area contributed by atoms with Crippen LogP contribution >= 0.6 is 31.9 Å². The van der Waals surface area contributed by atoms with Crippen LogP contribution < -0.4 is 5.73 Å². The zero-order valence-corrected chi connectivity index (χ0v) is 9.18. The lowest BCUT2D eigenvalue weighted by molar-refractivity contribution is 0.804. The molecule has 1 aromatic heterocycles. The van der Waals surface area contributed by atoms with Crippen molar-refractivity contribution < 1.29 is 0 Å². The molecule has 0 spiro atoms. The van der Waals surface area contributed by atoms with Crippen molar-refractivity contribution in [3.05, 3.63) is 26.9 Å². The van der Waals surface area contributed by atoms with Gasteiger partial charge >= 0.3 is 0 Å². The summed E-state index contributed by atoms with van der Waals surface area (Å²) in [6.07, 6.45) is 3.48. The first-order valence-corrected chi connectivity index (χ1v) is 4.76. The van der Waals surface area contributed by atoms with Gasteiger partial charge in [-0.3, -0.25) is 4.98 Å². The van der Waals surface area contributed by atoms with E-state index in [0.29, 0.717) is 0 Å². The first-order valence-electron chi connectivity index (χ1n) is 3.17. The Morgan fingerprint density at radius 1 is 1.36 bits per heavy atom. The molecule has 4 heteroatoms. The summed E-state index contributed by atoms with van der Waals surface area (Å²) in [6, 6.07) is 0.0155. The van der Waals surface area contributed by atoms with Crippen molar-refractivity contribution in [2.45, 2.75) is 13.0 Å².